The van der Waals surface area contributed by atoms with Gasteiger partial charge in [0.05, 0.1) is 0 Å². The van der Waals surface area contributed by atoms with Gasteiger partial charge < -0.3 is 10.2 Å². The molecule has 0 aromatic heterocycles. The fourth-order valence-corrected chi connectivity index (χ4v) is 4.08. The molecule has 2 fully saturated rings. The quantitative estimate of drug-likeness (QED) is 0.880. The number of nitrogens with one attached hydrogen (secondary N) is 1. The maximum absolute atomic E-state index is 12.8. The third-order valence-electron chi connectivity index (χ3n) is 5.75. The SMILES string of the molecule is CC(=O)NCC1CCN(C(=O)C2CCN(Cc3ccccc3)CC2)CC1. The summed E-state index contributed by atoms with van der Waals surface area (Å²) < 4.78 is 0. The fourth-order valence-electron chi connectivity index (χ4n) is 4.08. The van der Waals surface area contributed by atoms with Gasteiger partial charge in [0.1, 0.15) is 0 Å². The minimum Gasteiger partial charge on any atom is -0.356 e. The standard InChI is InChI=1S/C21H31N3O2/c1-17(25)22-15-18-7-13-24(14-8-18)21(26)20-9-11-23(12-10-20)16-19-5-3-2-4-6-19/h2-6,18,20H,7-16H2,1H3,(H,22,25). The number of carbonyl (C=O) groups excluding carboxylic acids is 2. The first-order chi connectivity index (χ1) is 12.6. The van der Waals surface area contributed by atoms with E-state index < -0.39 is 0 Å². The van der Waals surface area contributed by atoms with Gasteiger partial charge in [-0.25, -0.2) is 0 Å². The summed E-state index contributed by atoms with van der Waals surface area (Å²) in [5.41, 5.74) is 1.35. The Balaban J connectivity index is 1.39. The van der Waals surface area contributed by atoms with E-state index in [4.69, 9.17) is 0 Å². The second-order valence-corrected chi connectivity index (χ2v) is 7.74. The molecule has 2 aliphatic heterocycles. The summed E-state index contributed by atoms with van der Waals surface area (Å²) in [6.07, 6.45) is 3.94. The van der Waals surface area contributed by atoms with Crippen LogP contribution in [-0.4, -0.2) is 54.3 Å². The van der Waals surface area contributed by atoms with Gasteiger partial charge in [0.15, 0.2) is 0 Å². The van der Waals surface area contributed by atoms with Crippen LogP contribution in [0.5, 0.6) is 0 Å². The number of hydrogen-bond acceptors (Lipinski definition) is 3. The molecule has 2 saturated heterocycles. The molecule has 0 radical (unpaired) electrons. The van der Waals surface area contributed by atoms with Crippen LogP contribution in [0, 0.1) is 11.8 Å². The molecule has 5 nitrogen and oxygen atoms in total. The molecule has 2 aliphatic rings. The van der Waals surface area contributed by atoms with E-state index in [-0.39, 0.29) is 11.8 Å². The van der Waals surface area contributed by atoms with Crippen molar-refractivity contribution in [3.8, 4) is 0 Å². The molecule has 2 amide bonds. The van der Waals surface area contributed by atoms with Crippen molar-refractivity contribution in [2.75, 3.05) is 32.7 Å². The number of piperidine rings is 2. The van der Waals surface area contributed by atoms with E-state index in [1.165, 1.54) is 5.56 Å². The summed E-state index contributed by atoms with van der Waals surface area (Å²) in [6, 6.07) is 10.6. The summed E-state index contributed by atoms with van der Waals surface area (Å²) in [7, 11) is 0. The largest absolute Gasteiger partial charge is 0.356 e. The van der Waals surface area contributed by atoms with Gasteiger partial charge in [-0.3, -0.25) is 14.5 Å². The van der Waals surface area contributed by atoms with Crippen LogP contribution in [0.2, 0.25) is 0 Å². The first kappa shape index (κ1) is 18.9. The monoisotopic (exact) mass is 357 g/mol. The lowest BCUT2D eigenvalue weighted by Crippen LogP contribution is -2.46. The Morgan fingerprint density at radius 3 is 2.27 bits per heavy atom. The Hall–Kier alpha value is -1.88. The molecule has 0 atom stereocenters. The molecular weight excluding hydrogens is 326 g/mol. The van der Waals surface area contributed by atoms with Crippen LogP contribution in [0.25, 0.3) is 0 Å². The van der Waals surface area contributed by atoms with Gasteiger partial charge in [0.2, 0.25) is 11.8 Å². The van der Waals surface area contributed by atoms with Gasteiger partial charge in [0, 0.05) is 39.0 Å². The molecule has 0 aliphatic carbocycles. The van der Waals surface area contributed by atoms with Crippen molar-refractivity contribution in [3.05, 3.63) is 35.9 Å². The fraction of sp³-hybridized carbons (Fsp3) is 0.619. The topological polar surface area (TPSA) is 52.7 Å². The summed E-state index contributed by atoms with van der Waals surface area (Å²) in [5.74, 6) is 1.08. The van der Waals surface area contributed by atoms with Crippen LogP contribution in [0.3, 0.4) is 0 Å². The van der Waals surface area contributed by atoms with Gasteiger partial charge in [-0.2, -0.15) is 0 Å². The van der Waals surface area contributed by atoms with E-state index in [1.807, 2.05) is 6.07 Å². The van der Waals surface area contributed by atoms with Crippen molar-refractivity contribution in [2.24, 2.45) is 11.8 Å². The van der Waals surface area contributed by atoms with Gasteiger partial charge in [-0.05, 0) is 50.3 Å². The predicted molar refractivity (Wildman–Crippen MR) is 102 cm³/mol. The lowest BCUT2D eigenvalue weighted by atomic mass is 9.92. The van der Waals surface area contributed by atoms with Gasteiger partial charge in [-0.15, -0.1) is 0 Å². The van der Waals surface area contributed by atoms with Crippen molar-refractivity contribution < 1.29 is 9.59 Å². The normalized spacial score (nSPS) is 20.1. The Morgan fingerprint density at radius 1 is 1.00 bits per heavy atom. The first-order valence-electron chi connectivity index (χ1n) is 9.91. The Kier molecular flexibility index (Phi) is 6.67. The molecule has 1 N–H and O–H groups in total. The number of nitrogens with zero attached hydrogens (tertiary/aromatic N) is 2. The molecule has 0 spiro atoms. The zero-order chi connectivity index (χ0) is 18.4. The zero-order valence-corrected chi connectivity index (χ0v) is 15.8. The first-order valence-corrected chi connectivity index (χ1v) is 9.91. The maximum atomic E-state index is 12.8. The molecule has 5 heteroatoms. The van der Waals surface area contributed by atoms with E-state index in [1.54, 1.807) is 6.92 Å². The maximum Gasteiger partial charge on any atom is 0.225 e. The van der Waals surface area contributed by atoms with Crippen molar-refractivity contribution in [2.45, 2.75) is 39.2 Å². The van der Waals surface area contributed by atoms with E-state index in [0.717, 1.165) is 65.0 Å². The minimum atomic E-state index is 0.0331. The molecule has 1 aromatic carbocycles. The van der Waals surface area contributed by atoms with Gasteiger partial charge in [-0.1, -0.05) is 30.3 Å². The number of carbonyl (C=O) groups is 2. The Morgan fingerprint density at radius 2 is 1.65 bits per heavy atom. The average molecular weight is 357 g/mol. The molecule has 1 aromatic rings. The third-order valence-corrected chi connectivity index (χ3v) is 5.75. The van der Waals surface area contributed by atoms with E-state index in [0.29, 0.717) is 11.8 Å². The van der Waals surface area contributed by atoms with Crippen molar-refractivity contribution in [1.29, 1.82) is 0 Å². The molecule has 0 saturated carbocycles. The van der Waals surface area contributed by atoms with Gasteiger partial charge in [0.25, 0.3) is 0 Å². The third kappa shape index (κ3) is 5.31. The molecule has 142 valence electrons. The van der Waals surface area contributed by atoms with Crippen LogP contribution >= 0.6 is 0 Å². The van der Waals surface area contributed by atoms with Crippen molar-refractivity contribution >= 4 is 11.8 Å². The smallest absolute Gasteiger partial charge is 0.225 e. The van der Waals surface area contributed by atoms with Gasteiger partial charge >= 0.3 is 0 Å². The highest BCUT2D eigenvalue weighted by atomic mass is 16.2. The van der Waals surface area contributed by atoms with Crippen LogP contribution in [-0.2, 0) is 16.1 Å². The van der Waals surface area contributed by atoms with Crippen molar-refractivity contribution in [1.82, 2.24) is 15.1 Å². The van der Waals surface area contributed by atoms with Crippen LogP contribution in [0.4, 0.5) is 0 Å². The zero-order valence-electron chi connectivity index (χ0n) is 15.8. The molecule has 0 bridgehead atoms. The molecule has 26 heavy (non-hydrogen) atoms. The highest BCUT2D eigenvalue weighted by molar-refractivity contribution is 5.79. The van der Waals surface area contributed by atoms with Crippen LogP contribution in [0.15, 0.2) is 30.3 Å². The lowest BCUT2D eigenvalue weighted by Gasteiger charge is -2.37. The number of rotatable bonds is 5. The second kappa shape index (κ2) is 9.17. The van der Waals surface area contributed by atoms with Crippen LogP contribution in [0.1, 0.15) is 38.2 Å². The highest BCUT2D eigenvalue weighted by Crippen LogP contribution is 2.24. The summed E-state index contributed by atoms with van der Waals surface area (Å²) >= 11 is 0. The summed E-state index contributed by atoms with van der Waals surface area (Å²) in [6.45, 7) is 6.98. The molecule has 3 rings (SSSR count). The minimum absolute atomic E-state index is 0.0331. The summed E-state index contributed by atoms with van der Waals surface area (Å²) in [5, 5.41) is 2.90. The van der Waals surface area contributed by atoms with Crippen LogP contribution < -0.4 is 5.32 Å². The average Bonchev–Trinajstić information content (AvgIpc) is 2.68. The van der Waals surface area contributed by atoms with Crippen molar-refractivity contribution in [3.63, 3.8) is 0 Å². The predicted octanol–water partition coefficient (Wildman–Crippen LogP) is 2.27. The Bertz CT molecular complexity index is 589. The number of hydrogen-bond donors (Lipinski definition) is 1. The van der Waals surface area contributed by atoms with E-state index in [2.05, 4.69) is 39.4 Å². The van der Waals surface area contributed by atoms with E-state index >= 15 is 0 Å². The number of likely N-dealkylation sites (tertiary alicyclic amines) is 2. The Labute approximate surface area is 156 Å². The molecule has 2 heterocycles. The highest BCUT2D eigenvalue weighted by Gasteiger charge is 2.30. The number of benzene rings is 1. The lowest BCUT2D eigenvalue weighted by molar-refractivity contribution is -0.138. The summed E-state index contributed by atoms with van der Waals surface area (Å²) in [4.78, 5) is 28.4. The molecule has 0 unspecified atom stereocenters. The number of amides is 2. The van der Waals surface area contributed by atoms with E-state index in [9.17, 15) is 9.59 Å². The second-order valence-electron chi connectivity index (χ2n) is 7.74. The molecular formula is C21H31N3O2.